The molecule has 0 radical (unpaired) electrons. The summed E-state index contributed by atoms with van der Waals surface area (Å²) in [5.41, 5.74) is 10.7. The summed E-state index contributed by atoms with van der Waals surface area (Å²) < 4.78 is 11.5. The van der Waals surface area contributed by atoms with Gasteiger partial charge < -0.3 is 9.79 Å². The van der Waals surface area contributed by atoms with E-state index < -0.39 is 26.1 Å². The molecular formula is C14H30N2O5P2. The van der Waals surface area contributed by atoms with Gasteiger partial charge in [-0.25, -0.2) is 0 Å². The molecule has 0 heterocycles. The number of hydrogen-bond donors (Lipinski definition) is 4. The Bertz CT molecular complexity index is 472. The first kappa shape index (κ1) is 22.8. The van der Waals surface area contributed by atoms with Gasteiger partial charge in [-0.3, -0.25) is 25.2 Å². The number of Topliss-reactive ketones (excluding diaryl/α,β-unsaturated/α-hetero) is 2. The number of rotatable bonds is 11. The van der Waals surface area contributed by atoms with Gasteiger partial charge in [0.25, 0.3) is 7.52 Å². The van der Waals surface area contributed by atoms with Crippen LogP contribution in [0.3, 0.4) is 0 Å². The summed E-state index contributed by atoms with van der Waals surface area (Å²) in [7, 11) is -5.36. The summed E-state index contributed by atoms with van der Waals surface area (Å²) in [5.74, 6) is -0.170. The Hall–Kier alpha value is -0.160. The Labute approximate surface area is 139 Å². The zero-order valence-electron chi connectivity index (χ0n) is 14.4. The van der Waals surface area contributed by atoms with Crippen LogP contribution in [0.5, 0.6) is 0 Å². The molecule has 2 atom stereocenters. The normalized spacial score (nSPS) is 16.7. The van der Waals surface area contributed by atoms with Crippen molar-refractivity contribution in [1.29, 1.82) is 0 Å². The maximum absolute atomic E-state index is 11.8. The molecule has 0 fully saturated rings. The van der Waals surface area contributed by atoms with Crippen molar-refractivity contribution < 1.29 is 23.9 Å². The van der Waals surface area contributed by atoms with Gasteiger partial charge in [0.1, 0.15) is 19.9 Å². The first-order valence-corrected chi connectivity index (χ1v) is 10.7. The number of carbonyl (C=O) groups excluding carboxylic acids is 2. The molecule has 0 aromatic carbocycles. The molecule has 0 rings (SSSR count). The average Bonchev–Trinajstić information content (AvgIpc) is 2.39. The highest BCUT2D eigenvalue weighted by Gasteiger charge is 2.35. The number of hydrogen-bond acceptors (Lipinski definition) is 5. The van der Waals surface area contributed by atoms with Crippen molar-refractivity contribution >= 4 is 27.4 Å². The SMILES string of the molecule is CC(C)(CCC(=O)CCC(=O)CCC(C)(C)P(N)(=O)O)P(N)O. The van der Waals surface area contributed by atoms with Crippen molar-refractivity contribution in [3.63, 3.8) is 0 Å². The quantitative estimate of drug-likeness (QED) is 0.410. The first-order chi connectivity index (χ1) is 10.2. The maximum Gasteiger partial charge on any atom is 0.270 e. The molecule has 136 valence electrons. The van der Waals surface area contributed by atoms with Crippen LogP contribution >= 0.6 is 15.8 Å². The average molecular weight is 368 g/mol. The summed E-state index contributed by atoms with van der Waals surface area (Å²) in [5, 5.41) is -1.50. The van der Waals surface area contributed by atoms with Gasteiger partial charge in [0.05, 0.1) is 5.16 Å². The predicted octanol–water partition coefficient (Wildman–Crippen LogP) is 2.43. The van der Waals surface area contributed by atoms with Gasteiger partial charge in [0, 0.05) is 30.8 Å². The van der Waals surface area contributed by atoms with Crippen molar-refractivity contribution in [2.75, 3.05) is 0 Å². The molecule has 0 aliphatic rings. The maximum atomic E-state index is 11.8. The van der Waals surface area contributed by atoms with Crippen LogP contribution in [0.1, 0.15) is 66.2 Å². The van der Waals surface area contributed by atoms with Crippen LogP contribution in [0, 0.1) is 0 Å². The van der Waals surface area contributed by atoms with Crippen molar-refractivity contribution in [1.82, 2.24) is 0 Å². The number of carbonyl (C=O) groups is 2. The van der Waals surface area contributed by atoms with E-state index in [1.165, 1.54) is 0 Å². The van der Waals surface area contributed by atoms with E-state index in [2.05, 4.69) is 0 Å². The lowest BCUT2D eigenvalue weighted by Gasteiger charge is -2.26. The summed E-state index contributed by atoms with van der Waals surface area (Å²) in [4.78, 5) is 42.5. The lowest BCUT2D eigenvalue weighted by molar-refractivity contribution is -0.124. The van der Waals surface area contributed by atoms with Gasteiger partial charge in [-0.2, -0.15) is 0 Å². The summed E-state index contributed by atoms with van der Waals surface area (Å²) in [6.45, 7) is 6.71. The van der Waals surface area contributed by atoms with Crippen molar-refractivity contribution in [3.8, 4) is 0 Å². The molecule has 0 saturated heterocycles. The third kappa shape index (κ3) is 8.48. The van der Waals surface area contributed by atoms with Crippen LogP contribution in [0.4, 0.5) is 0 Å². The predicted molar refractivity (Wildman–Crippen MR) is 93.2 cm³/mol. The Kier molecular flexibility index (Phi) is 8.73. The number of ketones is 2. The van der Waals surface area contributed by atoms with Crippen molar-refractivity contribution in [2.45, 2.75) is 76.5 Å². The Morgan fingerprint density at radius 3 is 1.74 bits per heavy atom. The second kappa shape index (κ2) is 8.80. The van der Waals surface area contributed by atoms with E-state index in [-0.39, 0.29) is 43.7 Å². The van der Waals surface area contributed by atoms with Gasteiger partial charge in [-0.15, -0.1) is 0 Å². The summed E-state index contributed by atoms with van der Waals surface area (Å²) >= 11 is 0. The first-order valence-electron chi connectivity index (χ1n) is 7.58. The summed E-state index contributed by atoms with van der Waals surface area (Å²) in [6, 6.07) is 0. The van der Waals surface area contributed by atoms with E-state index >= 15 is 0 Å². The monoisotopic (exact) mass is 368 g/mol. The van der Waals surface area contributed by atoms with Gasteiger partial charge in [0.2, 0.25) is 0 Å². The van der Waals surface area contributed by atoms with Gasteiger partial charge in [-0.1, -0.05) is 13.8 Å². The molecule has 2 unspecified atom stereocenters. The molecule has 0 aromatic heterocycles. The molecule has 0 bridgehead atoms. The van der Waals surface area contributed by atoms with E-state index in [9.17, 15) is 23.9 Å². The molecule has 0 aliphatic heterocycles. The van der Waals surface area contributed by atoms with Gasteiger partial charge in [0.15, 0.2) is 0 Å². The van der Waals surface area contributed by atoms with E-state index in [1.54, 1.807) is 27.7 Å². The number of nitrogens with two attached hydrogens (primary N) is 2. The van der Waals surface area contributed by atoms with Crippen LogP contribution in [-0.4, -0.2) is 31.7 Å². The molecule has 0 aliphatic carbocycles. The molecule has 7 nitrogen and oxygen atoms in total. The second-order valence-electron chi connectivity index (χ2n) is 7.17. The third-order valence-corrected chi connectivity index (χ3v) is 7.62. The fourth-order valence-electron chi connectivity index (χ4n) is 1.69. The van der Waals surface area contributed by atoms with E-state index in [4.69, 9.17) is 11.0 Å². The van der Waals surface area contributed by atoms with E-state index in [0.29, 0.717) is 6.42 Å². The molecule has 23 heavy (non-hydrogen) atoms. The highest BCUT2D eigenvalue weighted by molar-refractivity contribution is 7.57. The minimum atomic E-state index is -3.75. The molecular weight excluding hydrogens is 338 g/mol. The van der Waals surface area contributed by atoms with Crippen LogP contribution in [0.2, 0.25) is 0 Å². The zero-order chi connectivity index (χ0) is 18.5. The van der Waals surface area contributed by atoms with Crippen molar-refractivity contribution in [3.05, 3.63) is 0 Å². The Morgan fingerprint density at radius 1 is 1.00 bits per heavy atom. The topological polar surface area (TPSA) is 144 Å². The molecule has 9 heteroatoms. The Morgan fingerprint density at radius 2 is 1.39 bits per heavy atom. The second-order valence-corrected chi connectivity index (χ2v) is 11.5. The van der Waals surface area contributed by atoms with Crippen LogP contribution in [-0.2, 0) is 14.2 Å². The molecule has 0 amide bonds. The minimum absolute atomic E-state index is 0.0470. The molecule has 6 N–H and O–H groups in total. The van der Waals surface area contributed by atoms with Crippen LogP contribution in [0.15, 0.2) is 0 Å². The van der Waals surface area contributed by atoms with Crippen LogP contribution in [0.25, 0.3) is 0 Å². The smallest absolute Gasteiger partial charge is 0.270 e. The van der Waals surface area contributed by atoms with E-state index in [1.807, 2.05) is 0 Å². The summed E-state index contributed by atoms with van der Waals surface area (Å²) in [6.07, 6.45) is 1.34. The van der Waals surface area contributed by atoms with E-state index in [0.717, 1.165) is 0 Å². The molecule has 0 saturated carbocycles. The molecule has 0 aromatic rings. The highest BCUT2D eigenvalue weighted by atomic mass is 31.2. The lowest BCUT2D eigenvalue weighted by Crippen LogP contribution is -2.25. The third-order valence-electron chi connectivity index (χ3n) is 4.20. The molecule has 0 spiro atoms. The minimum Gasteiger partial charge on any atom is -0.359 e. The zero-order valence-corrected chi connectivity index (χ0v) is 16.2. The lowest BCUT2D eigenvalue weighted by atomic mass is 9.99. The van der Waals surface area contributed by atoms with Gasteiger partial charge in [-0.05, 0) is 26.7 Å². The largest absolute Gasteiger partial charge is 0.359 e. The fraction of sp³-hybridized carbons (Fsp3) is 0.857. The van der Waals surface area contributed by atoms with Crippen molar-refractivity contribution in [2.24, 2.45) is 11.0 Å². The van der Waals surface area contributed by atoms with Gasteiger partial charge >= 0.3 is 0 Å². The highest BCUT2D eigenvalue weighted by Crippen LogP contribution is 2.49. The van der Waals surface area contributed by atoms with Crippen LogP contribution < -0.4 is 11.0 Å². The Balaban J connectivity index is 4.16. The standard InChI is InChI=1S/C14H30N2O5P2/c1-13(2,22(15)19)9-7-11(17)5-6-12(18)8-10-14(3,4)23(16,20)21/h19H,5-10,15H2,1-4H3,(H3,16,20,21). The fourth-order valence-corrected chi connectivity index (χ4v) is 2.47.